The minimum absolute atomic E-state index is 0.0639. The van der Waals surface area contributed by atoms with Crippen molar-refractivity contribution in [3.05, 3.63) is 75.5 Å². The number of carbonyl (C=O) groups excluding carboxylic acids is 1. The summed E-state index contributed by atoms with van der Waals surface area (Å²) in [5.74, 6) is 1.92. The van der Waals surface area contributed by atoms with Gasteiger partial charge >= 0.3 is 0 Å². The van der Waals surface area contributed by atoms with E-state index in [-0.39, 0.29) is 23.1 Å². The van der Waals surface area contributed by atoms with Gasteiger partial charge in [-0.15, -0.1) is 6.42 Å². The number of amides is 1. The van der Waals surface area contributed by atoms with E-state index in [0.29, 0.717) is 43.2 Å². The van der Waals surface area contributed by atoms with E-state index in [9.17, 15) is 14.0 Å². The molecule has 0 unspecified atom stereocenters. The van der Waals surface area contributed by atoms with Gasteiger partial charge in [-0.3, -0.25) is 14.5 Å². The number of rotatable bonds is 6. The molecule has 0 spiro atoms. The van der Waals surface area contributed by atoms with Crippen LogP contribution >= 0.6 is 0 Å². The molecular weight excluding hydrogens is 431 g/mol. The molecule has 174 valence electrons. The Morgan fingerprint density at radius 3 is 2.62 bits per heavy atom. The molecule has 0 radical (unpaired) electrons. The Morgan fingerprint density at radius 1 is 1.15 bits per heavy atom. The molecule has 5 rings (SSSR count). The van der Waals surface area contributed by atoms with Crippen molar-refractivity contribution < 1.29 is 9.18 Å². The number of benzene rings is 2. The second-order valence-corrected chi connectivity index (χ2v) is 9.21. The van der Waals surface area contributed by atoms with Gasteiger partial charge in [-0.1, -0.05) is 43.0 Å². The van der Waals surface area contributed by atoms with Crippen LogP contribution in [0, 0.1) is 18.2 Å². The van der Waals surface area contributed by atoms with Crippen LogP contribution in [0.15, 0.2) is 47.3 Å². The Morgan fingerprint density at radius 2 is 1.88 bits per heavy atom. The minimum Gasteiger partial charge on any atom is -0.335 e. The van der Waals surface area contributed by atoms with Crippen LogP contribution in [-0.2, 0) is 6.42 Å². The van der Waals surface area contributed by atoms with E-state index in [1.54, 1.807) is 29.2 Å². The van der Waals surface area contributed by atoms with Crippen LogP contribution in [0.3, 0.4) is 0 Å². The van der Waals surface area contributed by atoms with Gasteiger partial charge < -0.3 is 4.90 Å². The van der Waals surface area contributed by atoms with Gasteiger partial charge in [0.05, 0.1) is 23.2 Å². The maximum Gasteiger partial charge on any atom is 0.272 e. The van der Waals surface area contributed by atoms with E-state index in [1.165, 1.54) is 18.9 Å². The lowest BCUT2D eigenvalue weighted by Crippen LogP contribution is -2.63. The molecule has 1 aliphatic heterocycles. The number of nitrogens with zero attached hydrogens (tertiary/aromatic N) is 3. The first-order valence-electron chi connectivity index (χ1n) is 11.8. The molecule has 7 heteroatoms. The predicted octanol–water partition coefficient (Wildman–Crippen LogP) is 3.36. The topological polar surface area (TPSA) is 69.3 Å². The average molecular weight is 459 g/mol. The van der Waals surface area contributed by atoms with Gasteiger partial charge in [0.1, 0.15) is 5.82 Å². The normalized spacial score (nSPS) is 16.7. The fraction of sp³-hybridized carbons (Fsp3) is 0.370. The number of hydrogen-bond donors (Lipinski definition) is 1. The highest BCUT2D eigenvalue weighted by Gasteiger charge is 2.39. The quantitative estimate of drug-likeness (QED) is 0.575. The first-order chi connectivity index (χ1) is 16.5. The second-order valence-electron chi connectivity index (χ2n) is 9.21. The van der Waals surface area contributed by atoms with E-state index >= 15 is 0 Å². The van der Waals surface area contributed by atoms with Crippen molar-refractivity contribution in [3.63, 3.8) is 0 Å². The average Bonchev–Trinajstić information content (AvgIpc) is 3.35. The molecule has 1 amide bonds. The van der Waals surface area contributed by atoms with Gasteiger partial charge in [0.25, 0.3) is 11.5 Å². The number of likely N-dealkylation sites (tertiary alicyclic amines) is 1. The molecule has 1 saturated heterocycles. The van der Waals surface area contributed by atoms with Gasteiger partial charge in [-0.25, -0.2) is 9.49 Å². The Bertz CT molecular complexity index is 1320. The summed E-state index contributed by atoms with van der Waals surface area (Å²) in [4.78, 5) is 29.2. The van der Waals surface area contributed by atoms with Crippen molar-refractivity contribution >= 4 is 16.7 Å². The van der Waals surface area contributed by atoms with E-state index in [1.807, 2.05) is 12.1 Å². The summed E-state index contributed by atoms with van der Waals surface area (Å²) < 4.78 is 14.7. The maximum absolute atomic E-state index is 14.7. The number of halogens is 1. The molecule has 6 nitrogen and oxygen atoms in total. The lowest BCUT2D eigenvalue weighted by atomic mass is 9.99. The molecule has 2 heterocycles. The maximum atomic E-state index is 14.7. The molecule has 2 fully saturated rings. The number of aromatic nitrogens is 2. The summed E-state index contributed by atoms with van der Waals surface area (Å²) in [7, 11) is 0. The Labute approximate surface area is 197 Å². The summed E-state index contributed by atoms with van der Waals surface area (Å²) in [6.07, 6.45) is 10.7. The minimum atomic E-state index is -0.534. The van der Waals surface area contributed by atoms with Crippen molar-refractivity contribution in [2.45, 2.75) is 44.2 Å². The Balaban J connectivity index is 1.32. The third-order valence-corrected chi connectivity index (χ3v) is 7.09. The number of hydrogen-bond acceptors (Lipinski definition) is 4. The molecule has 0 atom stereocenters. The van der Waals surface area contributed by atoms with E-state index in [4.69, 9.17) is 6.42 Å². The van der Waals surface area contributed by atoms with Gasteiger partial charge in [-0.2, -0.15) is 5.10 Å². The molecule has 1 aromatic heterocycles. The molecule has 2 aliphatic rings. The smallest absolute Gasteiger partial charge is 0.272 e. The number of nitrogens with one attached hydrogen (secondary N) is 1. The Hall–Kier alpha value is -3.50. The molecular formula is C27H27FN4O2. The predicted molar refractivity (Wildman–Crippen MR) is 129 cm³/mol. The van der Waals surface area contributed by atoms with Gasteiger partial charge in [0.2, 0.25) is 0 Å². The van der Waals surface area contributed by atoms with E-state index < -0.39 is 5.82 Å². The van der Waals surface area contributed by atoms with Crippen LogP contribution in [-0.4, -0.2) is 57.6 Å². The van der Waals surface area contributed by atoms with Crippen molar-refractivity contribution in [1.29, 1.82) is 0 Å². The monoisotopic (exact) mass is 458 g/mol. The first-order valence-corrected chi connectivity index (χ1v) is 11.8. The standard InChI is InChI=1S/C27H27FN4O2/c1-2-13-32(19-7-3-4-8-19)20-16-31(17-20)27(34)23-14-18(11-12-24(23)28)15-25-21-9-5-6-10-22(21)26(33)30-29-25/h1,5-6,9-12,14,19-20H,3-4,7-8,13,15-17H2,(H,30,33). The lowest BCUT2D eigenvalue weighted by molar-refractivity contribution is 0.0165. The number of H-pyrrole nitrogens is 1. The summed E-state index contributed by atoms with van der Waals surface area (Å²) >= 11 is 0. The van der Waals surface area contributed by atoms with Gasteiger partial charge in [0.15, 0.2) is 0 Å². The summed E-state index contributed by atoms with van der Waals surface area (Å²) in [6.45, 7) is 1.71. The highest BCUT2D eigenvalue weighted by Crippen LogP contribution is 2.29. The second kappa shape index (κ2) is 9.40. The zero-order chi connectivity index (χ0) is 23.7. The molecule has 1 aliphatic carbocycles. The SMILES string of the molecule is C#CCN(C1CCCC1)C1CN(C(=O)c2cc(Cc3n[nH]c(=O)c4ccccc34)ccc2F)C1. The van der Waals surface area contributed by atoms with Gasteiger partial charge in [0, 0.05) is 37.0 Å². The Kier molecular flexibility index (Phi) is 6.16. The number of terminal acetylenes is 1. The lowest BCUT2D eigenvalue weighted by Gasteiger charge is -2.47. The summed E-state index contributed by atoms with van der Waals surface area (Å²) in [5, 5.41) is 8.02. The van der Waals surface area contributed by atoms with Crippen LogP contribution < -0.4 is 5.56 Å². The number of fused-ring (bicyclic) bond motifs is 1. The summed E-state index contributed by atoms with van der Waals surface area (Å²) in [6, 6.07) is 12.5. The first kappa shape index (κ1) is 22.3. The molecule has 3 aromatic rings. The fourth-order valence-electron chi connectivity index (χ4n) is 5.24. The molecule has 2 aromatic carbocycles. The van der Waals surface area contributed by atoms with Crippen molar-refractivity contribution in [2.24, 2.45) is 0 Å². The molecule has 1 N–H and O–H groups in total. The molecule has 34 heavy (non-hydrogen) atoms. The van der Waals surface area contributed by atoms with Crippen LogP contribution in [0.2, 0.25) is 0 Å². The van der Waals surface area contributed by atoms with Crippen LogP contribution in [0.4, 0.5) is 4.39 Å². The van der Waals surface area contributed by atoms with Crippen LogP contribution in [0.25, 0.3) is 10.8 Å². The third-order valence-electron chi connectivity index (χ3n) is 7.09. The van der Waals surface area contributed by atoms with Crippen molar-refractivity contribution in [3.8, 4) is 12.3 Å². The van der Waals surface area contributed by atoms with Gasteiger partial charge in [-0.05, 0) is 36.6 Å². The van der Waals surface area contributed by atoms with Crippen molar-refractivity contribution in [1.82, 2.24) is 20.0 Å². The fourth-order valence-corrected chi connectivity index (χ4v) is 5.24. The highest BCUT2D eigenvalue weighted by molar-refractivity contribution is 5.95. The molecule has 1 saturated carbocycles. The van der Waals surface area contributed by atoms with Crippen molar-refractivity contribution in [2.75, 3.05) is 19.6 Å². The molecule has 0 bridgehead atoms. The zero-order valence-corrected chi connectivity index (χ0v) is 19.0. The summed E-state index contributed by atoms with van der Waals surface area (Å²) in [5.41, 5.74) is 1.24. The van der Waals surface area contributed by atoms with E-state index in [0.717, 1.165) is 23.8 Å². The van der Waals surface area contributed by atoms with Crippen LogP contribution in [0.5, 0.6) is 0 Å². The van der Waals surface area contributed by atoms with Crippen LogP contribution in [0.1, 0.15) is 47.3 Å². The third kappa shape index (κ3) is 4.22. The highest BCUT2D eigenvalue weighted by atomic mass is 19.1. The van der Waals surface area contributed by atoms with E-state index in [2.05, 4.69) is 21.0 Å². The zero-order valence-electron chi connectivity index (χ0n) is 19.0. The largest absolute Gasteiger partial charge is 0.335 e. The number of carbonyl (C=O) groups is 1. The number of aromatic amines is 1.